The molecule has 2 saturated heterocycles. The van der Waals surface area contributed by atoms with Crippen LogP contribution >= 0.6 is 0 Å². The van der Waals surface area contributed by atoms with Crippen LogP contribution < -0.4 is 10.1 Å². The van der Waals surface area contributed by atoms with Gasteiger partial charge in [0.05, 0.1) is 13.2 Å². The normalized spacial score (nSPS) is 29.4. The van der Waals surface area contributed by atoms with Gasteiger partial charge in [-0.3, -0.25) is 0 Å². The lowest BCUT2D eigenvalue weighted by Crippen LogP contribution is -2.53. The van der Waals surface area contributed by atoms with Gasteiger partial charge in [-0.15, -0.1) is 0 Å². The van der Waals surface area contributed by atoms with E-state index in [0.29, 0.717) is 12.1 Å². The Morgan fingerprint density at radius 2 is 2.08 bits per heavy atom. The van der Waals surface area contributed by atoms with E-state index < -0.39 is 0 Å². The molecule has 0 radical (unpaired) electrons. The number of nitrogens with one attached hydrogen (secondary N) is 1. The van der Waals surface area contributed by atoms with Crippen molar-refractivity contribution in [3.63, 3.8) is 0 Å². The average Bonchev–Trinajstić information content (AvgIpc) is 3.10. The summed E-state index contributed by atoms with van der Waals surface area (Å²) in [5, 5.41) is 13.0. The van der Waals surface area contributed by atoms with Crippen molar-refractivity contribution in [1.82, 2.24) is 10.2 Å². The van der Waals surface area contributed by atoms with Crippen LogP contribution in [-0.4, -0.2) is 61.1 Å². The molecule has 0 amide bonds. The number of β-amino-alcohol motifs (C(OH)–C–C–N with tert-alkyl or cyclic N) is 1. The van der Waals surface area contributed by atoms with Crippen LogP contribution in [0, 0.1) is 0 Å². The molecule has 2 fully saturated rings. The van der Waals surface area contributed by atoms with Crippen molar-refractivity contribution in [3.05, 3.63) is 29.8 Å². The van der Waals surface area contributed by atoms with E-state index in [0.717, 1.165) is 64.3 Å². The van der Waals surface area contributed by atoms with E-state index in [2.05, 4.69) is 34.5 Å². The summed E-state index contributed by atoms with van der Waals surface area (Å²) in [5.41, 5.74) is 1.21. The standard InChI is InChI=1S/C19H28N2O3/c22-11-10-21-8-6-19(7-9-21)13-17(20-15-5-12-23-14-15)16-3-1-2-4-18(16)24-19/h1-4,15,17,20,22H,5-14H2. The molecule has 1 spiro atoms. The highest BCUT2D eigenvalue weighted by atomic mass is 16.5. The van der Waals surface area contributed by atoms with Crippen LogP contribution in [0.4, 0.5) is 0 Å². The van der Waals surface area contributed by atoms with Gasteiger partial charge < -0.3 is 24.8 Å². The molecule has 5 nitrogen and oxygen atoms in total. The molecule has 0 bridgehead atoms. The number of nitrogens with zero attached hydrogens (tertiary/aromatic N) is 1. The second kappa shape index (κ2) is 7.00. The summed E-state index contributed by atoms with van der Waals surface area (Å²) in [5.74, 6) is 1.04. The molecule has 2 unspecified atom stereocenters. The quantitative estimate of drug-likeness (QED) is 0.879. The zero-order valence-corrected chi connectivity index (χ0v) is 14.2. The molecule has 3 aliphatic heterocycles. The first kappa shape index (κ1) is 16.3. The van der Waals surface area contributed by atoms with Gasteiger partial charge in [-0.2, -0.15) is 0 Å². The number of fused-ring (bicyclic) bond motifs is 1. The zero-order chi connectivity index (χ0) is 16.4. The molecule has 132 valence electrons. The molecule has 4 rings (SSSR count). The van der Waals surface area contributed by atoms with Gasteiger partial charge in [-0.05, 0) is 25.3 Å². The van der Waals surface area contributed by atoms with Crippen LogP contribution in [0.2, 0.25) is 0 Å². The topological polar surface area (TPSA) is 54.0 Å². The van der Waals surface area contributed by atoms with Gasteiger partial charge in [0, 0.05) is 50.3 Å². The highest BCUT2D eigenvalue weighted by molar-refractivity contribution is 5.39. The minimum atomic E-state index is -0.0720. The van der Waals surface area contributed by atoms with Crippen LogP contribution in [0.1, 0.15) is 37.3 Å². The maximum absolute atomic E-state index is 9.16. The number of para-hydroxylation sites is 1. The van der Waals surface area contributed by atoms with E-state index in [1.807, 2.05) is 0 Å². The first-order valence-corrected chi connectivity index (χ1v) is 9.23. The summed E-state index contributed by atoms with van der Waals surface area (Å²) in [6, 6.07) is 9.25. The smallest absolute Gasteiger partial charge is 0.124 e. The molecule has 5 heteroatoms. The van der Waals surface area contributed by atoms with Crippen LogP contribution in [0.15, 0.2) is 24.3 Å². The summed E-state index contributed by atoms with van der Waals surface area (Å²) >= 11 is 0. The van der Waals surface area contributed by atoms with Crippen molar-refractivity contribution in [1.29, 1.82) is 0 Å². The maximum atomic E-state index is 9.16. The largest absolute Gasteiger partial charge is 0.487 e. The van der Waals surface area contributed by atoms with Crippen LogP contribution in [0.3, 0.4) is 0 Å². The molecular formula is C19H28N2O3. The van der Waals surface area contributed by atoms with E-state index in [1.165, 1.54) is 5.56 Å². The van der Waals surface area contributed by atoms with Gasteiger partial charge in [-0.1, -0.05) is 18.2 Å². The number of aliphatic hydroxyl groups excluding tert-OH is 1. The first-order chi connectivity index (χ1) is 11.8. The van der Waals surface area contributed by atoms with E-state index in [-0.39, 0.29) is 12.2 Å². The van der Waals surface area contributed by atoms with Gasteiger partial charge in [0.2, 0.25) is 0 Å². The van der Waals surface area contributed by atoms with Crippen LogP contribution in [0.5, 0.6) is 5.75 Å². The molecule has 1 aromatic carbocycles. The minimum absolute atomic E-state index is 0.0720. The van der Waals surface area contributed by atoms with Gasteiger partial charge >= 0.3 is 0 Å². The van der Waals surface area contributed by atoms with Crippen molar-refractivity contribution in [3.8, 4) is 5.75 Å². The monoisotopic (exact) mass is 332 g/mol. The Morgan fingerprint density at radius 3 is 2.83 bits per heavy atom. The van der Waals surface area contributed by atoms with Crippen molar-refractivity contribution in [2.45, 2.75) is 43.4 Å². The molecule has 2 N–H and O–H groups in total. The lowest BCUT2D eigenvalue weighted by molar-refractivity contribution is -0.0288. The number of rotatable bonds is 4. The van der Waals surface area contributed by atoms with Crippen molar-refractivity contribution < 1.29 is 14.6 Å². The fourth-order valence-electron chi connectivity index (χ4n) is 4.35. The molecular weight excluding hydrogens is 304 g/mol. The Hall–Kier alpha value is -1.14. The number of likely N-dealkylation sites (tertiary alicyclic amines) is 1. The Morgan fingerprint density at radius 1 is 1.25 bits per heavy atom. The van der Waals surface area contributed by atoms with E-state index in [1.54, 1.807) is 0 Å². The van der Waals surface area contributed by atoms with Crippen molar-refractivity contribution >= 4 is 0 Å². The highest BCUT2D eigenvalue weighted by Crippen LogP contribution is 2.44. The van der Waals surface area contributed by atoms with Crippen molar-refractivity contribution in [2.24, 2.45) is 0 Å². The third-order valence-corrected chi connectivity index (χ3v) is 5.75. The first-order valence-electron chi connectivity index (χ1n) is 9.23. The number of aliphatic hydroxyl groups is 1. The number of ether oxygens (including phenoxy) is 2. The average molecular weight is 332 g/mol. The molecule has 3 aliphatic rings. The Balaban J connectivity index is 1.52. The molecule has 2 atom stereocenters. The molecule has 1 aromatic rings. The van der Waals surface area contributed by atoms with Gasteiger partial charge in [0.25, 0.3) is 0 Å². The second-order valence-electron chi connectivity index (χ2n) is 7.37. The summed E-state index contributed by atoms with van der Waals surface area (Å²) in [6.45, 7) is 4.70. The van der Waals surface area contributed by atoms with Crippen LogP contribution in [0.25, 0.3) is 0 Å². The van der Waals surface area contributed by atoms with E-state index in [4.69, 9.17) is 14.6 Å². The van der Waals surface area contributed by atoms with E-state index in [9.17, 15) is 0 Å². The number of piperidine rings is 1. The van der Waals surface area contributed by atoms with Gasteiger partial charge in [-0.25, -0.2) is 0 Å². The molecule has 3 heterocycles. The highest BCUT2D eigenvalue weighted by Gasteiger charge is 2.43. The maximum Gasteiger partial charge on any atom is 0.124 e. The fourth-order valence-corrected chi connectivity index (χ4v) is 4.35. The number of hydrogen-bond donors (Lipinski definition) is 2. The number of benzene rings is 1. The lowest BCUT2D eigenvalue weighted by Gasteiger charge is -2.47. The minimum Gasteiger partial charge on any atom is -0.487 e. The van der Waals surface area contributed by atoms with Crippen LogP contribution in [-0.2, 0) is 4.74 Å². The van der Waals surface area contributed by atoms with Gasteiger partial charge in [0.15, 0.2) is 0 Å². The zero-order valence-electron chi connectivity index (χ0n) is 14.2. The lowest BCUT2D eigenvalue weighted by atomic mass is 9.80. The Labute approximate surface area is 143 Å². The molecule has 0 aromatic heterocycles. The molecule has 0 saturated carbocycles. The Kier molecular flexibility index (Phi) is 4.77. The second-order valence-corrected chi connectivity index (χ2v) is 7.37. The molecule has 0 aliphatic carbocycles. The summed E-state index contributed by atoms with van der Waals surface area (Å²) < 4.78 is 12.1. The summed E-state index contributed by atoms with van der Waals surface area (Å²) in [4.78, 5) is 2.34. The third-order valence-electron chi connectivity index (χ3n) is 5.75. The molecule has 24 heavy (non-hydrogen) atoms. The van der Waals surface area contributed by atoms with Gasteiger partial charge in [0.1, 0.15) is 11.4 Å². The third kappa shape index (κ3) is 3.31. The predicted molar refractivity (Wildman–Crippen MR) is 92.3 cm³/mol. The fraction of sp³-hybridized carbons (Fsp3) is 0.684. The summed E-state index contributed by atoms with van der Waals surface area (Å²) in [6.07, 6.45) is 4.17. The summed E-state index contributed by atoms with van der Waals surface area (Å²) in [7, 11) is 0. The Bertz CT molecular complexity index is 551. The predicted octanol–water partition coefficient (Wildman–Crippen LogP) is 1.72. The van der Waals surface area contributed by atoms with E-state index >= 15 is 0 Å². The van der Waals surface area contributed by atoms with Crippen molar-refractivity contribution in [2.75, 3.05) is 39.5 Å². The number of hydrogen-bond acceptors (Lipinski definition) is 5. The SMILES string of the molecule is OCCN1CCC2(CC1)CC(NC1CCOC1)c1ccccc1O2.